The minimum absolute atomic E-state index is 0.226. The van der Waals surface area contributed by atoms with Crippen LogP contribution in [0.15, 0.2) is 35.1 Å². The van der Waals surface area contributed by atoms with Crippen molar-refractivity contribution in [3.05, 3.63) is 52.1 Å². The summed E-state index contributed by atoms with van der Waals surface area (Å²) in [5, 5.41) is 17.6. The molecule has 8 nitrogen and oxygen atoms in total. The molecular formula is C14H14N6O2. The number of benzene rings is 1. The molecule has 2 aromatic heterocycles. The molecule has 0 aliphatic rings. The van der Waals surface area contributed by atoms with E-state index in [1.807, 2.05) is 6.92 Å². The highest BCUT2D eigenvalue weighted by Gasteiger charge is 2.09. The van der Waals surface area contributed by atoms with E-state index in [-0.39, 0.29) is 24.6 Å². The lowest BCUT2D eigenvalue weighted by molar-refractivity contribution is 0.0946. The molecule has 1 aromatic carbocycles. The zero-order valence-electron chi connectivity index (χ0n) is 11.9. The number of carbonyl (C=O) groups is 1. The first-order valence-corrected chi connectivity index (χ1v) is 6.78. The Morgan fingerprint density at radius 3 is 2.95 bits per heavy atom. The molecule has 0 saturated carbocycles. The van der Waals surface area contributed by atoms with Crippen LogP contribution in [0.1, 0.15) is 16.2 Å². The number of nitrogens with zero attached hydrogens (tertiary/aromatic N) is 4. The Morgan fingerprint density at radius 1 is 1.36 bits per heavy atom. The summed E-state index contributed by atoms with van der Waals surface area (Å²) >= 11 is 0. The fourth-order valence-electron chi connectivity index (χ4n) is 2.07. The van der Waals surface area contributed by atoms with Crippen LogP contribution in [-0.2, 0) is 6.54 Å². The van der Waals surface area contributed by atoms with Crippen molar-refractivity contribution in [1.82, 2.24) is 30.5 Å². The third-order valence-electron chi connectivity index (χ3n) is 3.18. The minimum atomic E-state index is -0.300. The second-order valence-electron chi connectivity index (χ2n) is 4.83. The Morgan fingerprint density at radius 2 is 2.18 bits per heavy atom. The monoisotopic (exact) mass is 298 g/mol. The summed E-state index contributed by atoms with van der Waals surface area (Å²) in [5.74, 6) is -0.300. The second-order valence-corrected chi connectivity index (χ2v) is 4.83. The van der Waals surface area contributed by atoms with Crippen molar-refractivity contribution < 1.29 is 4.79 Å². The molecule has 3 aromatic rings. The van der Waals surface area contributed by atoms with Crippen LogP contribution in [0.3, 0.4) is 0 Å². The molecule has 0 unspecified atom stereocenters. The maximum atomic E-state index is 12.2. The summed E-state index contributed by atoms with van der Waals surface area (Å²) in [4.78, 5) is 24.0. The van der Waals surface area contributed by atoms with Crippen LogP contribution in [0, 0.1) is 6.92 Å². The molecule has 22 heavy (non-hydrogen) atoms. The van der Waals surface area contributed by atoms with Gasteiger partial charge in [0.25, 0.3) is 11.5 Å². The van der Waals surface area contributed by atoms with Crippen LogP contribution >= 0.6 is 0 Å². The number of fused-ring (bicyclic) bond motifs is 1. The zero-order chi connectivity index (χ0) is 15.5. The van der Waals surface area contributed by atoms with Gasteiger partial charge < -0.3 is 5.32 Å². The molecule has 2 heterocycles. The van der Waals surface area contributed by atoms with Crippen LogP contribution in [0.25, 0.3) is 10.9 Å². The molecule has 0 atom stereocenters. The summed E-state index contributed by atoms with van der Waals surface area (Å²) in [7, 11) is 0. The molecule has 0 bridgehead atoms. The van der Waals surface area contributed by atoms with Crippen molar-refractivity contribution in [1.29, 1.82) is 0 Å². The molecule has 0 radical (unpaired) electrons. The Balaban J connectivity index is 1.68. The maximum absolute atomic E-state index is 12.2. The number of aryl methyl sites for hydroxylation is 1. The Labute approximate surface area is 125 Å². The summed E-state index contributed by atoms with van der Waals surface area (Å²) in [6.45, 7) is 2.32. The van der Waals surface area contributed by atoms with E-state index in [0.29, 0.717) is 16.6 Å². The summed E-state index contributed by atoms with van der Waals surface area (Å²) in [5.41, 5.74) is 1.45. The predicted octanol–water partition coefficient (Wildman–Crippen LogP) is 0.253. The molecule has 112 valence electrons. The zero-order valence-corrected chi connectivity index (χ0v) is 11.9. The van der Waals surface area contributed by atoms with Gasteiger partial charge in [-0.05, 0) is 25.1 Å². The van der Waals surface area contributed by atoms with Crippen molar-refractivity contribution in [2.45, 2.75) is 13.5 Å². The first kappa shape index (κ1) is 13.9. The first-order chi connectivity index (χ1) is 10.6. The molecule has 0 aliphatic heterocycles. The molecule has 0 saturated heterocycles. The van der Waals surface area contributed by atoms with E-state index in [4.69, 9.17) is 0 Å². The van der Waals surface area contributed by atoms with Crippen molar-refractivity contribution in [3.8, 4) is 0 Å². The molecular weight excluding hydrogens is 284 g/mol. The summed E-state index contributed by atoms with van der Waals surface area (Å²) < 4.78 is 1.23. The van der Waals surface area contributed by atoms with Crippen molar-refractivity contribution >= 4 is 16.8 Å². The molecule has 1 amide bonds. The van der Waals surface area contributed by atoms with Crippen molar-refractivity contribution in [3.63, 3.8) is 0 Å². The van der Waals surface area contributed by atoms with Gasteiger partial charge in [-0.3, -0.25) is 14.7 Å². The number of H-pyrrole nitrogens is 1. The predicted molar refractivity (Wildman–Crippen MR) is 79.5 cm³/mol. The van der Waals surface area contributed by atoms with E-state index >= 15 is 0 Å². The van der Waals surface area contributed by atoms with E-state index in [0.717, 1.165) is 5.69 Å². The van der Waals surface area contributed by atoms with Crippen molar-refractivity contribution in [2.24, 2.45) is 0 Å². The van der Waals surface area contributed by atoms with E-state index in [1.54, 1.807) is 30.3 Å². The second kappa shape index (κ2) is 5.76. The third kappa shape index (κ3) is 2.71. The number of aromatic amines is 1. The minimum Gasteiger partial charge on any atom is -0.349 e. The lowest BCUT2D eigenvalue weighted by Crippen LogP contribution is -2.32. The Hall–Kier alpha value is -3.03. The number of hydrogen-bond donors (Lipinski definition) is 2. The highest BCUT2D eigenvalue weighted by molar-refractivity contribution is 5.92. The lowest BCUT2D eigenvalue weighted by Gasteiger charge is -2.05. The van der Waals surface area contributed by atoms with E-state index < -0.39 is 0 Å². The quantitative estimate of drug-likeness (QED) is 0.718. The van der Waals surface area contributed by atoms with Crippen molar-refractivity contribution in [2.75, 3.05) is 6.54 Å². The largest absolute Gasteiger partial charge is 0.349 e. The molecule has 0 fully saturated rings. The van der Waals surface area contributed by atoms with Crippen LogP contribution in [0.5, 0.6) is 0 Å². The fourth-order valence-corrected chi connectivity index (χ4v) is 2.07. The average molecular weight is 298 g/mol. The van der Waals surface area contributed by atoms with Gasteiger partial charge >= 0.3 is 0 Å². The normalized spacial score (nSPS) is 10.8. The summed E-state index contributed by atoms with van der Waals surface area (Å²) in [6.07, 6.45) is 0. The van der Waals surface area contributed by atoms with E-state index in [1.165, 1.54) is 4.68 Å². The number of amides is 1. The molecule has 0 spiro atoms. The van der Waals surface area contributed by atoms with Gasteiger partial charge in [-0.2, -0.15) is 5.10 Å². The van der Waals surface area contributed by atoms with E-state index in [2.05, 4.69) is 25.8 Å². The Bertz CT molecular complexity index is 882. The molecule has 0 aliphatic carbocycles. The van der Waals surface area contributed by atoms with Gasteiger partial charge in [0.2, 0.25) is 0 Å². The van der Waals surface area contributed by atoms with Gasteiger partial charge in [0.15, 0.2) is 0 Å². The van der Waals surface area contributed by atoms with Gasteiger partial charge in [-0.15, -0.1) is 5.10 Å². The van der Waals surface area contributed by atoms with Gasteiger partial charge in [0, 0.05) is 12.2 Å². The molecule has 8 heteroatoms. The van der Waals surface area contributed by atoms with Gasteiger partial charge in [-0.25, -0.2) is 4.68 Å². The number of aromatic nitrogens is 5. The highest BCUT2D eigenvalue weighted by atomic mass is 16.2. The number of rotatable bonds is 4. The number of hydrogen-bond acceptors (Lipinski definition) is 5. The SMILES string of the molecule is Cc1cc(C(=O)NCCn2nnc3ccccc3c2=O)n[nH]1. The number of carbonyl (C=O) groups excluding carboxylic acids is 1. The van der Waals surface area contributed by atoms with Crippen LogP contribution in [0.2, 0.25) is 0 Å². The highest BCUT2D eigenvalue weighted by Crippen LogP contribution is 2.03. The topological polar surface area (TPSA) is 106 Å². The van der Waals surface area contributed by atoms with E-state index in [9.17, 15) is 9.59 Å². The van der Waals surface area contributed by atoms with Crippen LogP contribution < -0.4 is 10.9 Å². The smallest absolute Gasteiger partial charge is 0.277 e. The van der Waals surface area contributed by atoms with Crippen LogP contribution in [-0.4, -0.2) is 37.6 Å². The van der Waals surface area contributed by atoms with Crippen LogP contribution in [0.4, 0.5) is 0 Å². The van der Waals surface area contributed by atoms with Gasteiger partial charge in [-0.1, -0.05) is 17.3 Å². The Kier molecular flexibility index (Phi) is 3.65. The molecule has 2 N–H and O–H groups in total. The third-order valence-corrected chi connectivity index (χ3v) is 3.18. The van der Waals surface area contributed by atoms with Gasteiger partial charge in [0.1, 0.15) is 11.2 Å². The molecule has 3 rings (SSSR count). The van der Waals surface area contributed by atoms with Gasteiger partial charge in [0.05, 0.1) is 11.9 Å². The standard InChI is InChI=1S/C14H14N6O2/c1-9-8-12(17-16-9)13(21)15-6-7-20-14(22)10-4-2-3-5-11(10)18-19-20/h2-5,8H,6-7H2,1H3,(H,15,21)(H,16,17). The number of nitrogens with one attached hydrogen (secondary N) is 2. The lowest BCUT2D eigenvalue weighted by atomic mass is 10.2. The fraction of sp³-hybridized carbons (Fsp3) is 0.214. The maximum Gasteiger partial charge on any atom is 0.277 e. The average Bonchev–Trinajstić information content (AvgIpc) is 2.96. The first-order valence-electron chi connectivity index (χ1n) is 6.78. The summed E-state index contributed by atoms with van der Waals surface area (Å²) in [6, 6.07) is 8.66.